The van der Waals surface area contributed by atoms with Crippen molar-refractivity contribution in [2.24, 2.45) is 0 Å². The second-order valence-corrected chi connectivity index (χ2v) is 22.0. The summed E-state index contributed by atoms with van der Waals surface area (Å²) in [7, 11) is 0. The van der Waals surface area contributed by atoms with Crippen LogP contribution >= 0.6 is 0 Å². The molecule has 0 aliphatic rings. The lowest BCUT2D eigenvalue weighted by Gasteiger charge is -2.18. The molecule has 0 saturated heterocycles. The lowest BCUT2D eigenvalue weighted by Crippen LogP contribution is -2.30. The molecule has 0 aliphatic carbocycles. The van der Waals surface area contributed by atoms with Crippen molar-refractivity contribution in [2.75, 3.05) is 13.2 Å². The normalized spacial score (nSPS) is 12.4. The van der Waals surface area contributed by atoms with E-state index in [0.29, 0.717) is 19.3 Å². The molecule has 0 rings (SSSR count). The Bertz CT molecular complexity index is 1340. The van der Waals surface area contributed by atoms with Crippen LogP contribution in [0.4, 0.5) is 0 Å². The zero-order valence-corrected chi connectivity index (χ0v) is 50.1. The predicted molar refractivity (Wildman–Crippen MR) is 325 cm³/mol. The van der Waals surface area contributed by atoms with Crippen LogP contribution in [0.5, 0.6) is 0 Å². The highest BCUT2D eigenvalue weighted by Crippen LogP contribution is 2.18. The van der Waals surface area contributed by atoms with E-state index in [1.807, 2.05) is 0 Å². The van der Waals surface area contributed by atoms with Gasteiger partial charge in [-0.3, -0.25) is 14.4 Å². The molecule has 0 aliphatic heterocycles. The van der Waals surface area contributed by atoms with Crippen molar-refractivity contribution in [3.8, 4) is 0 Å². The molecule has 1 unspecified atom stereocenters. The van der Waals surface area contributed by atoms with Gasteiger partial charge >= 0.3 is 17.9 Å². The van der Waals surface area contributed by atoms with E-state index < -0.39 is 6.10 Å². The van der Waals surface area contributed by atoms with Crippen LogP contribution in [0.15, 0.2) is 60.8 Å². The van der Waals surface area contributed by atoms with Crippen LogP contribution in [0.25, 0.3) is 0 Å². The van der Waals surface area contributed by atoms with Crippen LogP contribution in [-0.2, 0) is 28.6 Å². The van der Waals surface area contributed by atoms with E-state index in [2.05, 4.69) is 81.5 Å². The fraction of sp³-hybridized carbons (Fsp3) is 0.812. The van der Waals surface area contributed by atoms with E-state index in [-0.39, 0.29) is 31.1 Å². The van der Waals surface area contributed by atoms with E-state index in [9.17, 15) is 14.4 Å². The number of rotatable bonds is 60. The van der Waals surface area contributed by atoms with Crippen LogP contribution in [0.1, 0.15) is 342 Å². The lowest BCUT2D eigenvalue weighted by atomic mass is 10.0. The number of unbranched alkanes of at least 4 members (excludes halogenated alkanes) is 39. The van der Waals surface area contributed by atoms with E-state index in [1.165, 1.54) is 193 Å². The van der Waals surface area contributed by atoms with Gasteiger partial charge < -0.3 is 14.2 Å². The first-order valence-electron chi connectivity index (χ1n) is 32.8. The first kappa shape index (κ1) is 72.1. The van der Waals surface area contributed by atoms with Crippen molar-refractivity contribution in [2.45, 2.75) is 348 Å². The zero-order valence-electron chi connectivity index (χ0n) is 50.1. The highest BCUT2D eigenvalue weighted by atomic mass is 16.6. The molecule has 436 valence electrons. The zero-order chi connectivity index (χ0) is 54.3. The van der Waals surface area contributed by atoms with E-state index >= 15 is 0 Å². The van der Waals surface area contributed by atoms with Crippen molar-refractivity contribution >= 4 is 17.9 Å². The maximum atomic E-state index is 12.9. The molecular weight excluding hydrogens is 925 g/mol. The van der Waals surface area contributed by atoms with Gasteiger partial charge in [0.25, 0.3) is 0 Å². The number of allylic oxidation sites excluding steroid dienone is 10. The number of hydrogen-bond acceptors (Lipinski definition) is 6. The quantitative estimate of drug-likeness (QED) is 0.0261. The van der Waals surface area contributed by atoms with E-state index in [4.69, 9.17) is 14.2 Å². The molecule has 75 heavy (non-hydrogen) atoms. The van der Waals surface area contributed by atoms with Gasteiger partial charge in [-0.05, 0) is 64.2 Å². The molecule has 1 atom stereocenters. The van der Waals surface area contributed by atoms with Crippen LogP contribution in [-0.4, -0.2) is 37.2 Å². The maximum Gasteiger partial charge on any atom is 0.306 e. The molecular formula is C69H124O6. The number of carbonyl (C=O) groups is 3. The summed E-state index contributed by atoms with van der Waals surface area (Å²) < 4.78 is 17.0. The number of esters is 3. The van der Waals surface area contributed by atoms with Crippen molar-refractivity contribution in [3.05, 3.63) is 60.8 Å². The Labute approximate surface area is 466 Å². The second kappa shape index (κ2) is 63.6. The Kier molecular flexibility index (Phi) is 61.2. The molecule has 0 radical (unpaired) electrons. The van der Waals surface area contributed by atoms with E-state index in [0.717, 1.165) is 109 Å². The van der Waals surface area contributed by atoms with Crippen molar-refractivity contribution in [1.82, 2.24) is 0 Å². The summed E-state index contributed by atoms with van der Waals surface area (Å²) in [6.07, 6.45) is 80.8. The van der Waals surface area contributed by atoms with Gasteiger partial charge in [-0.2, -0.15) is 0 Å². The maximum absolute atomic E-state index is 12.9. The monoisotopic (exact) mass is 1050 g/mol. The van der Waals surface area contributed by atoms with Crippen molar-refractivity contribution < 1.29 is 28.6 Å². The SMILES string of the molecule is CC/C=C\C/C=C\C/C=C\C/C=C\C/C=C\CCCCCCCC(=O)OCC(COC(=O)CCCCCCCCCCCCCCCCCCC)OC(=O)CCCCCCCCCCCCCCCCCCCCC. The Morgan fingerprint density at radius 2 is 0.520 bits per heavy atom. The molecule has 0 bridgehead atoms. The minimum Gasteiger partial charge on any atom is -0.462 e. The summed E-state index contributed by atoms with van der Waals surface area (Å²) in [5.74, 6) is -0.872. The van der Waals surface area contributed by atoms with Crippen LogP contribution in [0.2, 0.25) is 0 Å². The summed E-state index contributed by atoms with van der Waals surface area (Å²) in [5.41, 5.74) is 0. The Hall–Kier alpha value is -2.89. The molecule has 6 heteroatoms. The highest BCUT2D eigenvalue weighted by molar-refractivity contribution is 5.71. The highest BCUT2D eigenvalue weighted by Gasteiger charge is 2.19. The molecule has 0 aromatic carbocycles. The average molecular weight is 1050 g/mol. The third-order valence-corrected chi connectivity index (χ3v) is 14.5. The molecule has 0 saturated carbocycles. The second-order valence-electron chi connectivity index (χ2n) is 22.0. The first-order chi connectivity index (χ1) is 37.0. The van der Waals surface area contributed by atoms with Gasteiger partial charge in [0, 0.05) is 19.3 Å². The van der Waals surface area contributed by atoms with Crippen LogP contribution < -0.4 is 0 Å². The van der Waals surface area contributed by atoms with Gasteiger partial charge in [0.15, 0.2) is 6.10 Å². The molecule has 0 aromatic heterocycles. The van der Waals surface area contributed by atoms with Gasteiger partial charge in [0.2, 0.25) is 0 Å². The summed E-state index contributed by atoms with van der Waals surface area (Å²) in [5, 5.41) is 0. The summed E-state index contributed by atoms with van der Waals surface area (Å²) >= 11 is 0. The van der Waals surface area contributed by atoms with Gasteiger partial charge in [0.1, 0.15) is 13.2 Å². The predicted octanol–water partition coefficient (Wildman–Crippen LogP) is 22.3. The average Bonchev–Trinajstić information content (AvgIpc) is 3.41. The van der Waals surface area contributed by atoms with Crippen molar-refractivity contribution in [3.63, 3.8) is 0 Å². The Balaban J connectivity index is 4.37. The van der Waals surface area contributed by atoms with Crippen LogP contribution in [0.3, 0.4) is 0 Å². The molecule has 0 heterocycles. The third kappa shape index (κ3) is 61.8. The van der Waals surface area contributed by atoms with Gasteiger partial charge in [-0.25, -0.2) is 0 Å². The number of carbonyl (C=O) groups excluding carboxylic acids is 3. The molecule has 0 amide bonds. The topological polar surface area (TPSA) is 78.9 Å². The first-order valence-corrected chi connectivity index (χ1v) is 32.8. The smallest absolute Gasteiger partial charge is 0.306 e. The fourth-order valence-corrected chi connectivity index (χ4v) is 9.65. The number of hydrogen-bond donors (Lipinski definition) is 0. The lowest BCUT2D eigenvalue weighted by molar-refractivity contribution is -0.167. The minimum absolute atomic E-state index is 0.0755. The van der Waals surface area contributed by atoms with Crippen molar-refractivity contribution in [1.29, 1.82) is 0 Å². The Morgan fingerprint density at radius 1 is 0.280 bits per heavy atom. The minimum atomic E-state index is -0.780. The van der Waals surface area contributed by atoms with E-state index in [1.54, 1.807) is 0 Å². The fourth-order valence-electron chi connectivity index (χ4n) is 9.65. The number of ether oxygens (including phenoxy) is 3. The summed E-state index contributed by atoms with van der Waals surface area (Å²) in [4.78, 5) is 38.4. The molecule has 0 fully saturated rings. The molecule has 0 N–H and O–H groups in total. The summed E-state index contributed by atoms with van der Waals surface area (Å²) in [6, 6.07) is 0. The van der Waals surface area contributed by atoms with Gasteiger partial charge in [-0.15, -0.1) is 0 Å². The van der Waals surface area contributed by atoms with Crippen LogP contribution in [0, 0.1) is 0 Å². The van der Waals surface area contributed by atoms with Gasteiger partial charge in [-0.1, -0.05) is 319 Å². The summed E-state index contributed by atoms with van der Waals surface area (Å²) in [6.45, 7) is 6.57. The third-order valence-electron chi connectivity index (χ3n) is 14.5. The molecule has 6 nitrogen and oxygen atoms in total. The Morgan fingerprint density at radius 3 is 0.813 bits per heavy atom. The van der Waals surface area contributed by atoms with Gasteiger partial charge in [0.05, 0.1) is 0 Å². The molecule has 0 aromatic rings. The molecule has 0 spiro atoms. The standard InChI is InChI=1S/C69H124O6/c1-4-7-10-13-16-19-22-25-28-31-33-34-36-38-41-44-47-50-53-56-59-62-68(71)74-65-66(64-73-67(70)61-58-55-52-49-46-43-40-37-30-27-24-21-18-15-12-9-6-3)75-69(72)63-60-57-54-51-48-45-42-39-35-32-29-26-23-20-17-14-11-8-5-2/h7,10,16,19,25,28,33-34,38,41,66H,4-6,8-9,11-15,17-18,20-24,26-27,29-32,35-37,39-40,42-65H2,1-3H3/b10-7-,19-16-,28-25-,34-33-,41-38-. The largest absolute Gasteiger partial charge is 0.462 e.